The fraction of sp³-hybridized carbons (Fsp3) is 0.474. The summed E-state index contributed by atoms with van der Waals surface area (Å²) in [5, 5.41) is 20.2. The van der Waals surface area contributed by atoms with E-state index in [9.17, 15) is 14.7 Å². The van der Waals surface area contributed by atoms with Crippen molar-refractivity contribution in [3.63, 3.8) is 0 Å². The molecule has 1 saturated heterocycles. The van der Waals surface area contributed by atoms with E-state index in [1.807, 2.05) is 24.4 Å². The Labute approximate surface area is 157 Å². The summed E-state index contributed by atoms with van der Waals surface area (Å²) in [5.41, 5.74) is 1.94. The molecule has 8 heteroatoms. The number of amides is 1. The van der Waals surface area contributed by atoms with E-state index in [-0.39, 0.29) is 18.2 Å². The van der Waals surface area contributed by atoms with E-state index in [0.717, 1.165) is 6.42 Å². The Morgan fingerprint density at radius 1 is 1.30 bits per heavy atom. The minimum Gasteiger partial charge on any atom is -0.480 e. The number of aryl methyl sites for hydroxylation is 3. The molecule has 2 heterocycles. The van der Waals surface area contributed by atoms with Crippen LogP contribution < -0.4 is 5.32 Å². The fourth-order valence-corrected chi connectivity index (χ4v) is 3.03. The molecule has 27 heavy (non-hydrogen) atoms. The third-order valence-corrected chi connectivity index (χ3v) is 4.66. The van der Waals surface area contributed by atoms with Crippen molar-refractivity contribution in [3.05, 3.63) is 47.8 Å². The van der Waals surface area contributed by atoms with Gasteiger partial charge in [-0.25, -0.2) is 4.79 Å². The van der Waals surface area contributed by atoms with Crippen LogP contribution in [0.2, 0.25) is 0 Å². The van der Waals surface area contributed by atoms with Crippen molar-refractivity contribution in [2.24, 2.45) is 5.92 Å². The molecule has 8 nitrogen and oxygen atoms in total. The summed E-state index contributed by atoms with van der Waals surface area (Å²) in [4.78, 5) is 23.6. The number of aliphatic carboxylic acids is 1. The normalized spacial score (nSPS) is 17.6. The molecule has 1 fully saturated rings. The molecule has 0 spiro atoms. The number of carboxylic acids is 1. The van der Waals surface area contributed by atoms with Gasteiger partial charge in [-0.1, -0.05) is 35.5 Å². The SMILES string of the molecule is O=C(N[C@@H](CCc1cn(CCc2ccccc2)nn1)C(=O)O)C1CCOC1. The lowest BCUT2D eigenvalue weighted by Crippen LogP contribution is -2.44. The van der Waals surface area contributed by atoms with Crippen molar-refractivity contribution in [3.8, 4) is 0 Å². The Morgan fingerprint density at radius 3 is 2.81 bits per heavy atom. The molecule has 2 N–H and O–H groups in total. The molecule has 1 aliphatic heterocycles. The molecule has 0 aliphatic carbocycles. The third-order valence-electron chi connectivity index (χ3n) is 4.66. The van der Waals surface area contributed by atoms with Crippen molar-refractivity contribution in [1.29, 1.82) is 0 Å². The average Bonchev–Trinajstić information content (AvgIpc) is 3.36. The minimum absolute atomic E-state index is 0.258. The highest BCUT2D eigenvalue weighted by atomic mass is 16.5. The van der Waals surface area contributed by atoms with E-state index in [4.69, 9.17) is 4.74 Å². The lowest BCUT2D eigenvalue weighted by Gasteiger charge is -2.16. The van der Waals surface area contributed by atoms with Crippen LogP contribution in [0.15, 0.2) is 36.5 Å². The molecule has 2 aromatic rings. The van der Waals surface area contributed by atoms with Gasteiger partial charge in [0.2, 0.25) is 5.91 Å². The predicted molar refractivity (Wildman–Crippen MR) is 97.0 cm³/mol. The van der Waals surface area contributed by atoms with Gasteiger partial charge in [0.15, 0.2) is 0 Å². The molecule has 0 bridgehead atoms. The number of rotatable bonds is 9. The number of nitrogens with one attached hydrogen (secondary N) is 1. The van der Waals surface area contributed by atoms with Gasteiger partial charge in [0.25, 0.3) is 0 Å². The number of carbonyl (C=O) groups is 2. The topological polar surface area (TPSA) is 106 Å². The highest BCUT2D eigenvalue weighted by Crippen LogP contribution is 2.13. The largest absolute Gasteiger partial charge is 0.480 e. The van der Waals surface area contributed by atoms with Crippen molar-refractivity contribution in [1.82, 2.24) is 20.3 Å². The van der Waals surface area contributed by atoms with Crippen molar-refractivity contribution >= 4 is 11.9 Å². The molecule has 1 aromatic heterocycles. The summed E-state index contributed by atoms with van der Waals surface area (Å²) < 4.78 is 6.93. The van der Waals surface area contributed by atoms with E-state index in [2.05, 4.69) is 27.8 Å². The number of nitrogens with zero attached hydrogens (tertiary/aromatic N) is 3. The van der Waals surface area contributed by atoms with E-state index < -0.39 is 12.0 Å². The molecule has 1 amide bonds. The van der Waals surface area contributed by atoms with Crippen LogP contribution in [-0.2, 0) is 33.7 Å². The number of aromatic nitrogens is 3. The molecular weight excluding hydrogens is 348 g/mol. The molecule has 0 radical (unpaired) electrons. The second-order valence-corrected chi connectivity index (χ2v) is 6.71. The zero-order valence-corrected chi connectivity index (χ0v) is 15.1. The Morgan fingerprint density at radius 2 is 2.11 bits per heavy atom. The smallest absolute Gasteiger partial charge is 0.326 e. The first kappa shape index (κ1) is 19.0. The summed E-state index contributed by atoms with van der Waals surface area (Å²) in [6.07, 6.45) is 4.01. The second kappa shape index (κ2) is 9.27. The van der Waals surface area contributed by atoms with Crippen LogP contribution in [0.4, 0.5) is 0 Å². The molecule has 0 saturated carbocycles. The van der Waals surface area contributed by atoms with Crippen LogP contribution in [0.3, 0.4) is 0 Å². The number of ether oxygens (including phenoxy) is 1. The number of hydrogen-bond donors (Lipinski definition) is 2. The van der Waals surface area contributed by atoms with E-state index in [1.54, 1.807) is 4.68 Å². The predicted octanol–water partition coefficient (Wildman–Crippen LogP) is 1.06. The van der Waals surface area contributed by atoms with Crippen LogP contribution in [0, 0.1) is 5.92 Å². The first-order valence-electron chi connectivity index (χ1n) is 9.15. The van der Waals surface area contributed by atoms with Crippen LogP contribution >= 0.6 is 0 Å². The highest BCUT2D eigenvalue weighted by Gasteiger charge is 2.28. The van der Waals surface area contributed by atoms with Gasteiger partial charge in [-0.05, 0) is 31.2 Å². The maximum Gasteiger partial charge on any atom is 0.326 e. The molecule has 144 valence electrons. The van der Waals surface area contributed by atoms with Gasteiger partial charge >= 0.3 is 5.97 Å². The second-order valence-electron chi connectivity index (χ2n) is 6.71. The summed E-state index contributed by atoms with van der Waals surface area (Å²) >= 11 is 0. The van der Waals surface area contributed by atoms with Gasteiger partial charge in [0.05, 0.1) is 18.2 Å². The van der Waals surface area contributed by atoms with Crippen LogP contribution in [-0.4, -0.2) is 51.2 Å². The van der Waals surface area contributed by atoms with Gasteiger partial charge in [-0.15, -0.1) is 5.10 Å². The van der Waals surface area contributed by atoms with Crippen molar-refractivity contribution in [2.45, 2.75) is 38.3 Å². The maximum atomic E-state index is 12.1. The molecule has 3 rings (SSSR count). The zero-order chi connectivity index (χ0) is 19.1. The van der Waals surface area contributed by atoms with Crippen molar-refractivity contribution in [2.75, 3.05) is 13.2 Å². The van der Waals surface area contributed by atoms with Gasteiger partial charge in [0.1, 0.15) is 6.04 Å². The quantitative estimate of drug-likeness (QED) is 0.682. The Kier molecular flexibility index (Phi) is 6.54. The summed E-state index contributed by atoms with van der Waals surface area (Å²) in [6, 6.07) is 9.17. The fourth-order valence-electron chi connectivity index (χ4n) is 3.03. The van der Waals surface area contributed by atoms with E-state index in [1.165, 1.54) is 5.56 Å². The summed E-state index contributed by atoms with van der Waals surface area (Å²) in [5.74, 6) is -1.56. The van der Waals surface area contributed by atoms with Crippen LogP contribution in [0.5, 0.6) is 0 Å². The maximum absolute atomic E-state index is 12.1. The standard InChI is InChI=1S/C19H24N4O4/c24-18(15-9-11-27-13-15)20-17(19(25)26)7-6-16-12-23(22-21-16)10-8-14-4-2-1-3-5-14/h1-5,12,15,17H,6-11,13H2,(H,20,24)(H,25,26)/t15?,17-/m0/s1. The van der Waals surface area contributed by atoms with Crippen LogP contribution in [0.25, 0.3) is 0 Å². The zero-order valence-electron chi connectivity index (χ0n) is 15.1. The first-order valence-corrected chi connectivity index (χ1v) is 9.15. The Hall–Kier alpha value is -2.74. The summed E-state index contributed by atoms with van der Waals surface area (Å²) in [6.45, 7) is 1.60. The number of benzene rings is 1. The number of hydrogen-bond acceptors (Lipinski definition) is 5. The van der Waals surface area contributed by atoms with Gasteiger partial charge in [-0.2, -0.15) is 0 Å². The molecule has 1 aromatic carbocycles. The monoisotopic (exact) mass is 372 g/mol. The summed E-state index contributed by atoms with van der Waals surface area (Å²) in [7, 11) is 0. The Balaban J connectivity index is 1.48. The number of carboxylic acid groups (broad SMARTS) is 1. The van der Waals surface area contributed by atoms with Gasteiger partial charge < -0.3 is 15.2 Å². The van der Waals surface area contributed by atoms with Crippen LogP contribution in [0.1, 0.15) is 24.1 Å². The van der Waals surface area contributed by atoms with E-state index in [0.29, 0.717) is 38.3 Å². The lowest BCUT2D eigenvalue weighted by atomic mass is 10.1. The average molecular weight is 372 g/mol. The Bertz CT molecular complexity index is 756. The van der Waals surface area contributed by atoms with Crippen molar-refractivity contribution < 1.29 is 19.4 Å². The first-order chi connectivity index (χ1) is 13.1. The lowest BCUT2D eigenvalue weighted by molar-refractivity contribution is -0.142. The van der Waals surface area contributed by atoms with Gasteiger partial charge in [-0.3, -0.25) is 9.48 Å². The molecular formula is C19H24N4O4. The molecule has 1 aliphatic rings. The molecule has 2 atom stereocenters. The number of carbonyl (C=O) groups excluding carboxylic acids is 1. The molecule has 1 unspecified atom stereocenters. The van der Waals surface area contributed by atoms with E-state index >= 15 is 0 Å². The van der Waals surface area contributed by atoms with Gasteiger partial charge in [0, 0.05) is 19.3 Å². The highest BCUT2D eigenvalue weighted by molar-refractivity contribution is 5.85. The third kappa shape index (κ3) is 5.62. The minimum atomic E-state index is -1.04.